The Morgan fingerprint density at radius 2 is 1.68 bits per heavy atom. The molecule has 0 aliphatic carbocycles. The molecule has 0 spiro atoms. The van der Waals surface area contributed by atoms with Crippen LogP contribution in [0.3, 0.4) is 0 Å². The third kappa shape index (κ3) is 3.82. The maximum absolute atomic E-state index is 4.90. The molecule has 0 bridgehead atoms. The summed E-state index contributed by atoms with van der Waals surface area (Å²) in [7, 11) is 0. The molecule has 0 unspecified atom stereocenters. The Balaban J connectivity index is 3.12. The number of hydrogen-bond acceptors (Lipinski definition) is 2. The van der Waals surface area contributed by atoms with Gasteiger partial charge in [0.05, 0.1) is 11.7 Å². The summed E-state index contributed by atoms with van der Waals surface area (Å²) in [6.07, 6.45) is 4.41. The van der Waals surface area contributed by atoms with E-state index in [0.717, 1.165) is 32.2 Å². The van der Waals surface area contributed by atoms with E-state index in [9.17, 15) is 0 Å². The maximum atomic E-state index is 4.90. The van der Waals surface area contributed by atoms with Crippen molar-refractivity contribution in [1.29, 1.82) is 0 Å². The molecule has 0 fully saturated rings. The van der Waals surface area contributed by atoms with Crippen LogP contribution in [0.2, 0.25) is 0 Å². The summed E-state index contributed by atoms with van der Waals surface area (Å²) in [4.78, 5) is 0. The van der Waals surface area contributed by atoms with Crippen molar-refractivity contribution in [2.24, 2.45) is 0 Å². The molecule has 1 heterocycles. The van der Waals surface area contributed by atoms with Gasteiger partial charge in [-0.2, -0.15) is 5.10 Å². The Hall–Kier alpha value is -0.830. The molecule has 0 aromatic carbocycles. The predicted octanol–water partition coefficient (Wildman–Crippen LogP) is 3.87. The van der Waals surface area contributed by atoms with E-state index >= 15 is 0 Å². The van der Waals surface area contributed by atoms with Crippen LogP contribution < -0.4 is 5.32 Å². The van der Waals surface area contributed by atoms with Gasteiger partial charge in [-0.25, -0.2) is 0 Å². The Morgan fingerprint density at radius 3 is 2.11 bits per heavy atom. The first-order valence-electron chi connectivity index (χ1n) is 7.91. The van der Waals surface area contributed by atoms with Crippen LogP contribution in [-0.2, 0) is 19.4 Å². The molecule has 1 rings (SSSR count). The van der Waals surface area contributed by atoms with Gasteiger partial charge in [0.2, 0.25) is 0 Å². The first-order chi connectivity index (χ1) is 9.08. The smallest absolute Gasteiger partial charge is 0.0669 e. The highest BCUT2D eigenvalue weighted by Crippen LogP contribution is 2.23. The highest BCUT2D eigenvalue weighted by molar-refractivity contribution is 5.27. The lowest BCUT2D eigenvalue weighted by atomic mass is 10.1. The highest BCUT2D eigenvalue weighted by atomic mass is 15.3. The summed E-state index contributed by atoms with van der Waals surface area (Å²) in [6.45, 7) is 14.3. The summed E-state index contributed by atoms with van der Waals surface area (Å²) in [5, 5.41) is 8.44. The van der Waals surface area contributed by atoms with Gasteiger partial charge < -0.3 is 5.32 Å². The van der Waals surface area contributed by atoms with Crippen LogP contribution in [0.25, 0.3) is 0 Å². The van der Waals surface area contributed by atoms with Crippen LogP contribution >= 0.6 is 0 Å². The predicted molar refractivity (Wildman–Crippen MR) is 82.6 cm³/mol. The van der Waals surface area contributed by atoms with Crippen LogP contribution in [0.15, 0.2) is 0 Å². The molecule has 1 N–H and O–H groups in total. The molecule has 19 heavy (non-hydrogen) atoms. The van der Waals surface area contributed by atoms with Gasteiger partial charge in [-0.1, -0.05) is 41.5 Å². The standard InChI is InChI=1S/C16H31N3/c1-7-13(8-2)19-16(10-4)14(11-17-12(5)6)15(9-3)18-19/h12-13,17H,7-11H2,1-6H3. The van der Waals surface area contributed by atoms with E-state index in [4.69, 9.17) is 5.10 Å². The van der Waals surface area contributed by atoms with Gasteiger partial charge in [-0.3, -0.25) is 4.68 Å². The van der Waals surface area contributed by atoms with E-state index in [1.807, 2.05) is 0 Å². The van der Waals surface area contributed by atoms with Crippen molar-refractivity contribution in [3.8, 4) is 0 Å². The molecular formula is C16H31N3. The second-order valence-corrected chi connectivity index (χ2v) is 5.53. The fourth-order valence-corrected chi connectivity index (χ4v) is 2.66. The molecule has 0 atom stereocenters. The van der Waals surface area contributed by atoms with Gasteiger partial charge in [0.1, 0.15) is 0 Å². The summed E-state index contributed by atoms with van der Waals surface area (Å²) in [5.41, 5.74) is 4.14. The number of aryl methyl sites for hydroxylation is 1. The zero-order valence-corrected chi connectivity index (χ0v) is 13.6. The molecule has 0 saturated heterocycles. The van der Waals surface area contributed by atoms with Gasteiger partial charge >= 0.3 is 0 Å². The molecular weight excluding hydrogens is 234 g/mol. The summed E-state index contributed by atoms with van der Waals surface area (Å²) in [5.74, 6) is 0. The Kier molecular flexibility index (Phi) is 6.56. The summed E-state index contributed by atoms with van der Waals surface area (Å²) >= 11 is 0. The number of nitrogens with one attached hydrogen (secondary N) is 1. The minimum absolute atomic E-state index is 0.519. The largest absolute Gasteiger partial charge is 0.310 e. The molecule has 0 amide bonds. The molecule has 0 aliphatic rings. The normalized spacial score (nSPS) is 11.8. The number of nitrogens with zero attached hydrogens (tertiary/aromatic N) is 2. The lowest BCUT2D eigenvalue weighted by molar-refractivity contribution is 0.412. The Morgan fingerprint density at radius 1 is 1.05 bits per heavy atom. The second-order valence-electron chi connectivity index (χ2n) is 5.53. The highest BCUT2D eigenvalue weighted by Gasteiger charge is 2.19. The van der Waals surface area contributed by atoms with Gasteiger partial charge in [-0.05, 0) is 25.7 Å². The molecule has 3 nitrogen and oxygen atoms in total. The average Bonchev–Trinajstić information content (AvgIpc) is 2.75. The van der Waals surface area contributed by atoms with Crippen molar-refractivity contribution in [2.45, 2.75) is 85.9 Å². The second kappa shape index (κ2) is 7.68. The first kappa shape index (κ1) is 16.2. The molecule has 0 saturated carbocycles. The SMILES string of the molecule is CCc1nn(C(CC)CC)c(CC)c1CNC(C)C. The number of rotatable bonds is 8. The van der Waals surface area contributed by atoms with E-state index in [-0.39, 0.29) is 0 Å². The van der Waals surface area contributed by atoms with Crippen LogP contribution in [0.1, 0.15) is 77.4 Å². The molecule has 1 aromatic rings. The van der Waals surface area contributed by atoms with Crippen molar-refractivity contribution >= 4 is 0 Å². The van der Waals surface area contributed by atoms with Crippen molar-refractivity contribution in [3.63, 3.8) is 0 Å². The van der Waals surface area contributed by atoms with Gasteiger partial charge in [0.25, 0.3) is 0 Å². The fraction of sp³-hybridized carbons (Fsp3) is 0.812. The van der Waals surface area contributed by atoms with Gasteiger partial charge in [0.15, 0.2) is 0 Å². The Bertz CT molecular complexity index is 376. The minimum atomic E-state index is 0.519. The maximum Gasteiger partial charge on any atom is 0.0669 e. The van der Waals surface area contributed by atoms with E-state index < -0.39 is 0 Å². The topological polar surface area (TPSA) is 29.9 Å². The van der Waals surface area contributed by atoms with Crippen molar-refractivity contribution in [2.75, 3.05) is 0 Å². The first-order valence-corrected chi connectivity index (χ1v) is 7.91. The van der Waals surface area contributed by atoms with Crippen LogP contribution in [-0.4, -0.2) is 15.8 Å². The van der Waals surface area contributed by atoms with Crippen LogP contribution in [0.4, 0.5) is 0 Å². The van der Waals surface area contributed by atoms with Crippen molar-refractivity contribution in [1.82, 2.24) is 15.1 Å². The lowest BCUT2D eigenvalue weighted by Crippen LogP contribution is -2.23. The zero-order chi connectivity index (χ0) is 14.4. The lowest BCUT2D eigenvalue weighted by Gasteiger charge is -2.17. The quantitative estimate of drug-likeness (QED) is 0.773. The van der Waals surface area contributed by atoms with Crippen molar-refractivity contribution < 1.29 is 0 Å². The van der Waals surface area contributed by atoms with E-state index in [1.165, 1.54) is 17.0 Å². The third-order valence-electron chi connectivity index (χ3n) is 3.85. The molecule has 3 heteroatoms. The Labute approximate surface area is 118 Å². The minimum Gasteiger partial charge on any atom is -0.310 e. The van der Waals surface area contributed by atoms with Crippen LogP contribution in [0.5, 0.6) is 0 Å². The van der Waals surface area contributed by atoms with E-state index in [1.54, 1.807) is 0 Å². The molecule has 1 aromatic heterocycles. The van der Waals surface area contributed by atoms with Crippen LogP contribution in [0, 0.1) is 0 Å². The average molecular weight is 265 g/mol. The third-order valence-corrected chi connectivity index (χ3v) is 3.85. The van der Waals surface area contributed by atoms with Gasteiger partial charge in [-0.15, -0.1) is 0 Å². The monoisotopic (exact) mass is 265 g/mol. The summed E-state index contributed by atoms with van der Waals surface area (Å²) < 4.78 is 2.30. The molecule has 0 radical (unpaired) electrons. The fourth-order valence-electron chi connectivity index (χ4n) is 2.66. The number of hydrogen-bond donors (Lipinski definition) is 1. The van der Waals surface area contributed by atoms with E-state index in [0.29, 0.717) is 12.1 Å². The number of aromatic nitrogens is 2. The van der Waals surface area contributed by atoms with Crippen molar-refractivity contribution in [3.05, 3.63) is 17.0 Å². The zero-order valence-electron chi connectivity index (χ0n) is 13.6. The summed E-state index contributed by atoms with van der Waals surface area (Å²) in [6, 6.07) is 1.07. The molecule has 110 valence electrons. The van der Waals surface area contributed by atoms with Gasteiger partial charge in [0, 0.05) is 23.8 Å². The molecule has 0 aliphatic heterocycles. The van der Waals surface area contributed by atoms with E-state index in [2.05, 4.69) is 51.5 Å².